The molecule has 1 saturated heterocycles. The monoisotopic (exact) mass is 288 g/mol. The SMILES string of the molecule is CCCNC(C)c1cccc(N2C(=O)CCCCC2=O)c1. The van der Waals surface area contributed by atoms with Gasteiger partial charge in [0.05, 0.1) is 5.69 Å². The van der Waals surface area contributed by atoms with Crippen LogP contribution in [-0.4, -0.2) is 18.4 Å². The van der Waals surface area contributed by atoms with Crippen LogP contribution in [0, 0.1) is 0 Å². The highest BCUT2D eigenvalue weighted by atomic mass is 16.2. The molecule has 21 heavy (non-hydrogen) atoms. The summed E-state index contributed by atoms with van der Waals surface area (Å²) in [5.41, 5.74) is 1.81. The number of carbonyl (C=O) groups excluding carboxylic acids is 2. The van der Waals surface area contributed by atoms with E-state index in [0.717, 1.165) is 31.4 Å². The molecule has 1 aliphatic heterocycles. The summed E-state index contributed by atoms with van der Waals surface area (Å²) >= 11 is 0. The van der Waals surface area contributed by atoms with Crippen LogP contribution in [0.4, 0.5) is 5.69 Å². The molecule has 4 nitrogen and oxygen atoms in total. The summed E-state index contributed by atoms with van der Waals surface area (Å²) < 4.78 is 0. The first kappa shape index (κ1) is 15.7. The Morgan fingerprint density at radius 3 is 2.48 bits per heavy atom. The third-order valence-electron chi connectivity index (χ3n) is 3.86. The fourth-order valence-corrected chi connectivity index (χ4v) is 2.62. The van der Waals surface area contributed by atoms with Crippen molar-refractivity contribution in [1.82, 2.24) is 5.32 Å². The van der Waals surface area contributed by atoms with Crippen molar-refractivity contribution in [3.05, 3.63) is 29.8 Å². The molecular weight excluding hydrogens is 264 g/mol. The molecule has 0 spiro atoms. The van der Waals surface area contributed by atoms with Gasteiger partial charge < -0.3 is 5.32 Å². The molecule has 4 heteroatoms. The number of benzene rings is 1. The van der Waals surface area contributed by atoms with Crippen molar-refractivity contribution in [1.29, 1.82) is 0 Å². The predicted molar refractivity (Wildman–Crippen MR) is 84.1 cm³/mol. The van der Waals surface area contributed by atoms with Gasteiger partial charge in [0, 0.05) is 18.9 Å². The fraction of sp³-hybridized carbons (Fsp3) is 0.529. The van der Waals surface area contributed by atoms with E-state index in [1.165, 1.54) is 4.90 Å². The van der Waals surface area contributed by atoms with Gasteiger partial charge in [-0.3, -0.25) is 14.5 Å². The molecule has 0 saturated carbocycles. The lowest BCUT2D eigenvalue weighted by Crippen LogP contribution is -2.35. The smallest absolute Gasteiger partial charge is 0.233 e. The normalized spacial score (nSPS) is 17.7. The number of nitrogens with zero attached hydrogens (tertiary/aromatic N) is 1. The quantitative estimate of drug-likeness (QED) is 0.847. The molecule has 1 N–H and O–H groups in total. The zero-order chi connectivity index (χ0) is 15.2. The summed E-state index contributed by atoms with van der Waals surface area (Å²) in [5.74, 6) is -0.160. The Labute approximate surface area is 126 Å². The van der Waals surface area contributed by atoms with E-state index in [-0.39, 0.29) is 17.9 Å². The van der Waals surface area contributed by atoms with Crippen molar-refractivity contribution >= 4 is 17.5 Å². The molecule has 1 atom stereocenters. The third-order valence-corrected chi connectivity index (χ3v) is 3.86. The van der Waals surface area contributed by atoms with Gasteiger partial charge in [-0.1, -0.05) is 19.1 Å². The van der Waals surface area contributed by atoms with Crippen molar-refractivity contribution in [2.45, 2.75) is 52.0 Å². The number of imide groups is 1. The Balaban J connectivity index is 2.22. The highest BCUT2D eigenvalue weighted by Crippen LogP contribution is 2.24. The Morgan fingerprint density at radius 1 is 1.19 bits per heavy atom. The summed E-state index contributed by atoms with van der Waals surface area (Å²) in [5, 5.41) is 3.43. The summed E-state index contributed by atoms with van der Waals surface area (Å²) in [4.78, 5) is 25.7. The summed E-state index contributed by atoms with van der Waals surface area (Å²) in [7, 11) is 0. The van der Waals surface area contributed by atoms with Crippen molar-refractivity contribution < 1.29 is 9.59 Å². The molecule has 0 aromatic heterocycles. The predicted octanol–water partition coefficient (Wildman–Crippen LogP) is 3.18. The lowest BCUT2D eigenvalue weighted by Gasteiger charge is -2.21. The highest BCUT2D eigenvalue weighted by Gasteiger charge is 2.25. The number of carbonyl (C=O) groups is 2. The maximum absolute atomic E-state index is 12.2. The van der Waals surface area contributed by atoms with E-state index in [4.69, 9.17) is 0 Å². The van der Waals surface area contributed by atoms with Crippen LogP contribution < -0.4 is 10.2 Å². The van der Waals surface area contributed by atoms with Crippen LogP contribution in [0.5, 0.6) is 0 Å². The number of nitrogens with one attached hydrogen (secondary N) is 1. The molecular formula is C17H24N2O2. The van der Waals surface area contributed by atoms with Gasteiger partial charge in [0.15, 0.2) is 0 Å². The molecule has 0 radical (unpaired) electrons. The average molecular weight is 288 g/mol. The first-order valence-corrected chi connectivity index (χ1v) is 7.82. The lowest BCUT2D eigenvalue weighted by molar-refractivity contribution is -0.125. The molecule has 0 aliphatic carbocycles. The second-order valence-corrected chi connectivity index (χ2v) is 5.60. The van der Waals surface area contributed by atoms with Gasteiger partial charge in [-0.15, -0.1) is 0 Å². The van der Waals surface area contributed by atoms with Gasteiger partial charge in [-0.25, -0.2) is 0 Å². The fourth-order valence-electron chi connectivity index (χ4n) is 2.62. The van der Waals surface area contributed by atoms with Crippen molar-refractivity contribution in [2.24, 2.45) is 0 Å². The maximum Gasteiger partial charge on any atom is 0.233 e. The zero-order valence-electron chi connectivity index (χ0n) is 12.9. The van der Waals surface area contributed by atoms with Gasteiger partial charge >= 0.3 is 0 Å². The molecule has 1 aromatic carbocycles. The van der Waals surface area contributed by atoms with Crippen LogP contribution in [0.25, 0.3) is 0 Å². The Kier molecular flexibility index (Phi) is 5.51. The molecule has 2 rings (SSSR count). The lowest BCUT2D eigenvalue weighted by atomic mass is 10.1. The van der Waals surface area contributed by atoms with Gasteiger partial charge in [0.1, 0.15) is 0 Å². The van der Waals surface area contributed by atoms with E-state index in [0.29, 0.717) is 18.5 Å². The largest absolute Gasteiger partial charge is 0.310 e. The average Bonchev–Trinajstić information content (AvgIpc) is 2.65. The van der Waals surface area contributed by atoms with Crippen molar-refractivity contribution in [3.63, 3.8) is 0 Å². The second-order valence-electron chi connectivity index (χ2n) is 5.60. The van der Waals surface area contributed by atoms with Crippen LogP contribution in [0.1, 0.15) is 57.6 Å². The summed E-state index contributed by atoms with van der Waals surface area (Å²) in [6.45, 7) is 5.18. The molecule has 0 bridgehead atoms. The van der Waals surface area contributed by atoms with Crippen molar-refractivity contribution in [2.75, 3.05) is 11.4 Å². The summed E-state index contributed by atoms with van der Waals surface area (Å²) in [6.07, 6.45) is 3.59. The van der Waals surface area contributed by atoms with Crippen molar-refractivity contribution in [3.8, 4) is 0 Å². The maximum atomic E-state index is 12.2. The number of hydrogen-bond acceptors (Lipinski definition) is 3. The van der Waals surface area contributed by atoms with Gasteiger partial charge in [-0.05, 0) is 50.4 Å². The first-order chi connectivity index (χ1) is 10.1. The van der Waals surface area contributed by atoms with Crippen LogP contribution in [0.15, 0.2) is 24.3 Å². The van der Waals surface area contributed by atoms with Crippen LogP contribution in [-0.2, 0) is 9.59 Å². The van der Waals surface area contributed by atoms with E-state index in [2.05, 4.69) is 19.2 Å². The Bertz CT molecular complexity index is 495. The Morgan fingerprint density at radius 2 is 1.86 bits per heavy atom. The zero-order valence-corrected chi connectivity index (χ0v) is 12.9. The van der Waals surface area contributed by atoms with Crippen LogP contribution >= 0.6 is 0 Å². The van der Waals surface area contributed by atoms with Gasteiger partial charge in [0.2, 0.25) is 11.8 Å². The molecule has 1 heterocycles. The number of amides is 2. The second kappa shape index (κ2) is 7.36. The number of hydrogen-bond donors (Lipinski definition) is 1. The Hall–Kier alpha value is -1.68. The topological polar surface area (TPSA) is 49.4 Å². The minimum Gasteiger partial charge on any atom is -0.310 e. The van der Waals surface area contributed by atoms with Crippen LogP contribution in [0.3, 0.4) is 0 Å². The molecule has 114 valence electrons. The van der Waals surface area contributed by atoms with E-state index in [9.17, 15) is 9.59 Å². The van der Waals surface area contributed by atoms with E-state index in [1.807, 2.05) is 24.3 Å². The molecule has 1 aliphatic rings. The minimum atomic E-state index is -0.0798. The van der Waals surface area contributed by atoms with E-state index >= 15 is 0 Å². The third kappa shape index (κ3) is 3.91. The molecule has 2 amide bonds. The number of anilines is 1. The highest BCUT2D eigenvalue weighted by molar-refractivity contribution is 6.15. The van der Waals surface area contributed by atoms with Gasteiger partial charge in [0.25, 0.3) is 0 Å². The first-order valence-electron chi connectivity index (χ1n) is 7.82. The van der Waals surface area contributed by atoms with E-state index < -0.39 is 0 Å². The molecule has 1 aromatic rings. The molecule has 1 unspecified atom stereocenters. The standard InChI is InChI=1S/C17H24N2O2/c1-3-11-18-13(2)14-7-6-8-15(12-14)19-16(20)9-4-5-10-17(19)21/h6-8,12-13,18H,3-5,9-11H2,1-2H3. The molecule has 1 fully saturated rings. The van der Waals surface area contributed by atoms with Crippen LogP contribution in [0.2, 0.25) is 0 Å². The van der Waals surface area contributed by atoms with E-state index in [1.54, 1.807) is 0 Å². The minimum absolute atomic E-state index is 0.0798. The summed E-state index contributed by atoms with van der Waals surface area (Å²) in [6, 6.07) is 7.96. The van der Waals surface area contributed by atoms with Gasteiger partial charge in [-0.2, -0.15) is 0 Å². The number of rotatable bonds is 5.